The minimum Gasteiger partial charge on any atom is -0.508 e. The summed E-state index contributed by atoms with van der Waals surface area (Å²) in [7, 11) is 0. The molecule has 0 unspecified atom stereocenters. The smallest absolute Gasteiger partial charge is 0.257 e. The van der Waals surface area contributed by atoms with Crippen molar-refractivity contribution in [1.29, 1.82) is 0 Å². The average molecular weight is 310 g/mol. The van der Waals surface area contributed by atoms with Crippen molar-refractivity contribution in [2.24, 2.45) is 0 Å². The molecule has 0 aliphatic heterocycles. The molecule has 0 bridgehead atoms. The van der Waals surface area contributed by atoms with E-state index in [0.29, 0.717) is 10.7 Å². The zero-order chi connectivity index (χ0) is 15.5. The topological polar surface area (TPSA) is 62.2 Å². The lowest BCUT2D eigenvalue weighted by Crippen LogP contribution is -2.11. The predicted molar refractivity (Wildman–Crippen MR) is 88.3 cm³/mol. The van der Waals surface area contributed by atoms with Crippen LogP contribution in [0.25, 0.3) is 11.3 Å². The number of phenolic OH excluding ortho intramolecular Hbond substituents is 1. The molecule has 3 aromatic rings. The van der Waals surface area contributed by atoms with E-state index >= 15 is 0 Å². The summed E-state index contributed by atoms with van der Waals surface area (Å²) in [6.07, 6.45) is 0. The number of aryl methyl sites for hydroxylation is 1. The van der Waals surface area contributed by atoms with Crippen molar-refractivity contribution in [3.05, 3.63) is 65.0 Å². The van der Waals surface area contributed by atoms with Crippen LogP contribution < -0.4 is 5.32 Å². The van der Waals surface area contributed by atoms with E-state index in [1.165, 1.54) is 29.0 Å². The number of nitrogens with zero attached hydrogens (tertiary/aromatic N) is 1. The molecule has 4 nitrogen and oxygen atoms in total. The Balaban J connectivity index is 1.75. The van der Waals surface area contributed by atoms with Crippen LogP contribution in [-0.2, 0) is 0 Å². The van der Waals surface area contributed by atoms with Crippen LogP contribution >= 0.6 is 11.3 Å². The van der Waals surface area contributed by atoms with Gasteiger partial charge in [0.15, 0.2) is 5.13 Å². The second-order valence-corrected chi connectivity index (χ2v) is 5.76. The SMILES string of the molecule is Cc1ccc(-c2csc(NC(=O)c3ccc(O)cc3)n2)cc1. The van der Waals surface area contributed by atoms with Crippen molar-refractivity contribution in [2.75, 3.05) is 5.32 Å². The van der Waals surface area contributed by atoms with E-state index in [4.69, 9.17) is 0 Å². The molecule has 2 aromatic carbocycles. The number of nitrogens with one attached hydrogen (secondary N) is 1. The van der Waals surface area contributed by atoms with Crippen LogP contribution in [0.15, 0.2) is 53.9 Å². The van der Waals surface area contributed by atoms with E-state index in [-0.39, 0.29) is 11.7 Å². The summed E-state index contributed by atoms with van der Waals surface area (Å²) in [5.41, 5.74) is 3.53. The van der Waals surface area contributed by atoms with Crippen LogP contribution in [0.1, 0.15) is 15.9 Å². The summed E-state index contributed by atoms with van der Waals surface area (Å²) in [6.45, 7) is 2.04. The van der Waals surface area contributed by atoms with Gasteiger partial charge in [-0.2, -0.15) is 0 Å². The second kappa shape index (κ2) is 5.99. The molecule has 0 saturated carbocycles. The van der Waals surface area contributed by atoms with Crippen molar-refractivity contribution in [1.82, 2.24) is 4.98 Å². The number of thiazole rings is 1. The standard InChI is InChI=1S/C17H14N2O2S/c1-11-2-4-12(5-3-11)15-10-22-17(18-15)19-16(21)13-6-8-14(20)9-7-13/h2-10,20H,1H3,(H,18,19,21). The maximum absolute atomic E-state index is 12.1. The van der Waals surface area contributed by atoms with Crippen molar-refractivity contribution < 1.29 is 9.90 Å². The first-order chi connectivity index (χ1) is 10.6. The van der Waals surface area contributed by atoms with E-state index in [2.05, 4.69) is 10.3 Å². The van der Waals surface area contributed by atoms with Crippen molar-refractivity contribution in [2.45, 2.75) is 6.92 Å². The van der Waals surface area contributed by atoms with Crippen LogP contribution in [0.3, 0.4) is 0 Å². The van der Waals surface area contributed by atoms with Crippen LogP contribution in [0.2, 0.25) is 0 Å². The normalized spacial score (nSPS) is 10.4. The third-order valence-electron chi connectivity index (χ3n) is 3.20. The van der Waals surface area contributed by atoms with Gasteiger partial charge in [0.05, 0.1) is 5.69 Å². The monoisotopic (exact) mass is 310 g/mol. The minimum atomic E-state index is -0.246. The number of carbonyl (C=O) groups is 1. The molecular formula is C17H14N2O2S. The Labute approximate surface area is 132 Å². The van der Waals surface area contributed by atoms with Gasteiger partial charge in [0.25, 0.3) is 5.91 Å². The fourth-order valence-corrected chi connectivity index (χ4v) is 2.68. The summed E-state index contributed by atoms with van der Waals surface area (Å²) >= 11 is 1.38. The largest absolute Gasteiger partial charge is 0.508 e. The van der Waals surface area contributed by atoms with E-state index in [1.54, 1.807) is 12.1 Å². The molecule has 0 radical (unpaired) electrons. The summed E-state index contributed by atoms with van der Waals surface area (Å²) < 4.78 is 0. The number of hydrogen-bond donors (Lipinski definition) is 2. The van der Waals surface area contributed by atoms with Gasteiger partial charge in [-0.1, -0.05) is 29.8 Å². The molecule has 0 fully saturated rings. The van der Waals surface area contributed by atoms with Gasteiger partial charge in [0.2, 0.25) is 0 Å². The van der Waals surface area contributed by atoms with Gasteiger partial charge in [-0.05, 0) is 31.2 Å². The highest BCUT2D eigenvalue weighted by molar-refractivity contribution is 7.14. The molecule has 1 amide bonds. The number of hydrogen-bond acceptors (Lipinski definition) is 4. The summed E-state index contributed by atoms with van der Waals surface area (Å²) in [4.78, 5) is 16.5. The quantitative estimate of drug-likeness (QED) is 0.766. The predicted octanol–water partition coefficient (Wildman–Crippen LogP) is 4.08. The van der Waals surface area contributed by atoms with Gasteiger partial charge in [0, 0.05) is 16.5 Å². The van der Waals surface area contributed by atoms with E-state index in [1.807, 2.05) is 36.6 Å². The first-order valence-corrected chi connectivity index (χ1v) is 7.63. The van der Waals surface area contributed by atoms with E-state index < -0.39 is 0 Å². The third kappa shape index (κ3) is 3.15. The van der Waals surface area contributed by atoms with Crippen molar-refractivity contribution in [3.63, 3.8) is 0 Å². The van der Waals surface area contributed by atoms with Gasteiger partial charge in [-0.3, -0.25) is 10.1 Å². The maximum Gasteiger partial charge on any atom is 0.257 e. The number of anilines is 1. The number of carbonyl (C=O) groups excluding carboxylic acids is 1. The molecule has 0 aliphatic carbocycles. The highest BCUT2D eigenvalue weighted by Gasteiger charge is 2.10. The maximum atomic E-state index is 12.1. The van der Waals surface area contributed by atoms with Gasteiger partial charge < -0.3 is 5.11 Å². The van der Waals surface area contributed by atoms with Crippen LogP contribution in [-0.4, -0.2) is 16.0 Å². The van der Waals surface area contributed by atoms with Gasteiger partial charge in [-0.15, -0.1) is 11.3 Å². The summed E-state index contributed by atoms with van der Waals surface area (Å²) in [5.74, 6) is -0.114. The van der Waals surface area contributed by atoms with Crippen LogP contribution in [0.5, 0.6) is 5.75 Å². The first kappa shape index (κ1) is 14.3. The Bertz CT molecular complexity index is 792. The Kier molecular flexibility index (Phi) is 3.89. The lowest BCUT2D eigenvalue weighted by atomic mass is 10.1. The molecular weight excluding hydrogens is 296 g/mol. The molecule has 0 aliphatic rings. The third-order valence-corrected chi connectivity index (χ3v) is 3.96. The Hall–Kier alpha value is -2.66. The lowest BCUT2D eigenvalue weighted by molar-refractivity contribution is 0.102. The summed E-state index contributed by atoms with van der Waals surface area (Å²) in [5, 5.41) is 14.5. The van der Waals surface area contributed by atoms with Crippen molar-refractivity contribution in [3.8, 4) is 17.0 Å². The van der Waals surface area contributed by atoms with Gasteiger partial charge in [-0.25, -0.2) is 4.98 Å². The van der Waals surface area contributed by atoms with Gasteiger partial charge >= 0.3 is 0 Å². The van der Waals surface area contributed by atoms with Crippen LogP contribution in [0.4, 0.5) is 5.13 Å². The molecule has 1 heterocycles. The Morgan fingerprint density at radius 1 is 1.09 bits per heavy atom. The number of aromatic nitrogens is 1. The summed E-state index contributed by atoms with van der Waals surface area (Å²) in [6, 6.07) is 14.2. The molecule has 0 saturated heterocycles. The fraction of sp³-hybridized carbons (Fsp3) is 0.0588. The Morgan fingerprint density at radius 2 is 1.77 bits per heavy atom. The van der Waals surface area contributed by atoms with E-state index in [0.717, 1.165) is 11.3 Å². The number of phenols is 1. The highest BCUT2D eigenvalue weighted by atomic mass is 32.1. The second-order valence-electron chi connectivity index (χ2n) is 4.90. The molecule has 22 heavy (non-hydrogen) atoms. The minimum absolute atomic E-state index is 0.132. The zero-order valence-electron chi connectivity index (χ0n) is 11.9. The average Bonchev–Trinajstić information content (AvgIpc) is 2.97. The number of benzene rings is 2. The number of aromatic hydroxyl groups is 1. The number of amides is 1. The Morgan fingerprint density at radius 3 is 2.45 bits per heavy atom. The molecule has 0 spiro atoms. The highest BCUT2D eigenvalue weighted by Crippen LogP contribution is 2.25. The van der Waals surface area contributed by atoms with E-state index in [9.17, 15) is 9.90 Å². The first-order valence-electron chi connectivity index (χ1n) is 6.75. The molecule has 3 rings (SSSR count). The molecule has 110 valence electrons. The molecule has 1 aromatic heterocycles. The van der Waals surface area contributed by atoms with Crippen LogP contribution in [0, 0.1) is 6.92 Å². The molecule has 5 heteroatoms. The van der Waals surface area contributed by atoms with Crippen molar-refractivity contribution >= 4 is 22.4 Å². The van der Waals surface area contributed by atoms with Gasteiger partial charge in [0.1, 0.15) is 5.75 Å². The molecule has 2 N–H and O–H groups in total. The molecule has 0 atom stereocenters. The number of rotatable bonds is 3. The lowest BCUT2D eigenvalue weighted by Gasteiger charge is -2.01. The zero-order valence-corrected chi connectivity index (χ0v) is 12.7. The fourth-order valence-electron chi connectivity index (χ4n) is 1.97.